The van der Waals surface area contributed by atoms with Crippen LogP contribution in [0.3, 0.4) is 0 Å². The van der Waals surface area contributed by atoms with Gasteiger partial charge in [-0.05, 0) is 24.2 Å². The molecule has 0 aromatic rings. The van der Waals surface area contributed by atoms with E-state index in [1.807, 2.05) is 13.8 Å². The molecule has 4 heteroatoms. The van der Waals surface area contributed by atoms with E-state index < -0.39 is 9.84 Å². The Bertz CT molecular complexity index is 258. The average molecular weight is 299 g/mol. The van der Waals surface area contributed by atoms with Crippen LogP contribution in [0, 0.1) is 11.3 Å². The molecule has 15 heavy (non-hydrogen) atoms. The molecule has 0 bridgehead atoms. The third-order valence-corrected chi connectivity index (χ3v) is 6.31. The number of hydrogen-bond acceptors (Lipinski definition) is 2. The van der Waals surface area contributed by atoms with Crippen molar-refractivity contribution in [2.24, 2.45) is 11.3 Å². The van der Waals surface area contributed by atoms with Gasteiger partial charge in [-0.1, -0.05) is 43.6 Å². The van der Waals surface area contributed by atoms with Crippen LogP contribution in [-0.2, 0) is 9.84 Å². The molecule has 0 heterocycles. The predicted octanol–water partition coefficient (Wildman–Crippen LogP) is 3.26. The monoisotopic (exact) mass is 298 g/mol. The summed E-state index contributed by atoms with van der Waals surface area (Å²) in [5.41, 5.74) is -0.0757. The van der Waals surface area contributed by atoms with E-state index in [1.54, 1.807) is 0 Å². The Labute approximate surface area is 103 Å². The van der Waals surface area contributed by atoms with Gasteiger partial charge in [0, 0.05) is 5.33 Å². The van der Waals surface area contributed by atoms with Crippen molar-refractivity contribution in [3.8, 4) is 0 Å². The first-order valence-corrected chi connectivity index (χ1v) is 8.51. The Morgan fingerprint density at radius 3 is 1.93 bits per heavy atom. The highest BCUT2D eigenvalue weighted by molar-refractivity contribution is 9.09. The third-order valence-electron chi connectivity index (χ3n) is 2.90. The van der Waals surface area contributed by atoms with Gasteiger partial charge in [-0.3, -0.25) is 0 Å². The van der Waals surface area contributed by atoms with Gasteiger partial charge in [0.1, 0.15) is 0 Å². The lowest BCUT2D eigenvalue weighted by Gasteiger charge is -2.29. The Kier molecular flexibility index (Phi) is 6.41. The van der Waals surface area contributed by atoms with Gasteiger partial charge in [0.2, 0.25) is 0 Å². The van der Waals surface area contributed by atoms with E-state index in [0.717, 1.165) is 18.2 Å². The normalized spacial score (nSPS) is 13.5. The Morgan fingerprint density at radius 2 is 1.67 bits per heavy atom. The minimum atomic E-state index is -2.90. The van der Waals surface area contributed by atoms with Crippen molar-refractivity contribution in [1.82, 2.24) is 0 Å². The molecule has 92 valence electrons. The lowest BCUT2D eigenvalue weighted by Crippen LogP contribution is -2.32. The summed E-state index contributed by atoms with van der Waals surface area (Å²) in [6.07, 6.45) is 1.82. The predicted molar refractivity (Wildman–Crippen MR) is 70.3 cm³/mol. The molecule has 0 aliphatic rings. The smallest absolute Gasteiger partial charge is 0.151 e. The van der Waals surface area contributed by atoms with E-state index in [-0.39, 0.29) is 11.3 Å². The summed E-state index contributed by atoms with van der Waals surface area (Å²) in [5.74, 6) is 0.842. The van der Waals surface area contributed by atoms with E-state index in [9.17, 15) is 8.42 Å². The highest BCUT2D eigenvalue weighted by Crippen LogP contribution is 2.31. The maximum atomic E-state index is 11.9. The van der Waals surface area contributed by atoms with Gasteiger partial charge in [0.05, 0.1) is 11.5 Å². The summed E-state index contributed by atoms with van der Waals surface area (Å²) in [6, 6.07) is 0. The number of sulfone groups is 1. The second-order valence-electron chi connectivity index (χ2n) is 4.79. The molecule has 2 nitrogen and oxygen atoms in total. The summed E-state index contributed by atoms with van der Waals surface area (Å²) in [7, 11) is -2.90. The van der Waals surface area contributed by atoms with Crippen LogP contribution in [0.25, 0.3) is 0 Å². The average Bonchev–Trinajstić information content (AvgIpc) is 2.12. The van der Waals surface area contributed by atoms with Crippen molar-refractivity contribution in [2.75, 3.05) is 16.8 Å². The van der Waals surface area contributed by atoms with Gasteiger partial charge >= 0.3 is 0 Å². The summed E-state index contributed by atoms with van der Waals surface area (Å²) in [4.78, 5) is 0. The molecule has 0 radical (unpaired) electrons. The second-order valence-corrected chi connectivity index (χ2v) is 7.46. The van der Waals surface area contributed by atoms with Crippen LogP contribution < -0.4 is 0 Å². The van der Waals surface area contributed by atoms with Gasteiger partial charge in [-0.2, -0.15) is 0 Å². The summed E-state index contributed by atoms with van der Waals surface area (Å²) in [6.45, 7) is 8.03. The fourth-order valence-corrected chi connectivity index (χ4v) is 5.55. The quantitative estimate of drug-likeness (QED) is 0.676. The zero-order valence-electron chi connectivity index (χ0n) is 10.2. The lowest BCUT2D eigenvalue weighted by atomic mass is 9.87. The first-order valence-electron chi connectivity index (χ1n) is 5.57. The summed E-state index contributed by atoms with van der Waals surface area (Å²) in [5, 5.41) is 0.768. The summed E-state index contributed by atoms with van der Waals surface area (Å²) >= 11 is 3.45. The number of rotatable bonds is 7. The Hall–Kier alpha value is 0.430. The van der Waals surface area contributed by atoms with Crippen LogP contribution in [0.15, 0.2) is 0 Å². The molecule has 0 atom stereocenters. The Morgan fingerprint density at radius 1 is 1.20 bits per heavy atom. The molecule has 0 aliphatic heterocycles. The van der Waals surface area contributed by atoms with Crippen molar-refractivity contribution in [3.05, 3.63) is 0 Å². The van der Waals surface area contributed by atoms with Crippen LogP contribution in [0.4, 0.5) is 0 Å². The van der Waals surface area contributed by atoms with Crippen molar-refractivity contribution in [2.45, 2.75) is 40.5 Å². The number of alkyl halides is 1. The van der Waals surface area contributed by atoms with E-state index in [2.05, 4.69) is 29.8 Å². The van der Waals surface area contributed by atoms with E-state index in [0.29, 0.717) is 11.5 Å². The van der Waals surface area contributed by atoms with Crippen LogP contribution >= 0.6 is 15.9 Å². The van der Waals surface area contributed by atoms with Crippen LogP contribution in [0.1, 0.15) is 40.5 Å². The molecule has 0 spiro atoms. The molecule has 0 amide bonds. The Balaban J connectivity index is 4.67. The molecule has 0 aromatic carbocycles. The molecular weight excluding hydrogens is 276 g/mol. The van der Waals surface area contributed by atoms with Gasteiger partial charge in [-0.15, -0.1) is 0 Å². The molecule has 0 fully saturated rings. The summed E-state index contributed by atoms with van der Waals surface area (Å²) < 4.78 is 23.8. The van der Waals surface area contributed by atoms with E-state index >= 15 is 0 Å². The molecule has 0 aromatic heterocycles. The van der Waals surface area contributed by atoms with Gasteiger partial charge in [0.15, 0.2) is 9.84 Å². The van der Waals surface area contributed by atoms with Gasteiger partial charge in [0.25, 0.3) is 0 Å². The van der Waals surface area contributed by atoms with E-state index in [1.165, 1.54) is 0 Å². The van der Waals surface area contributed by atoms with Crippen molar-refractivity contribution < 1.29 is 8.42 Å². The van der Waals surface area contributed by atoms with Crippen molar-refractivity contribution in [3.63, 3.8) is 0 Å². The molecule has 0 N–H and O–H groups in total. The molecule has 0 unspecified atom stereocenters. The van der Waals surface area contributed by atoms with Crippen LogP contribution in [0.5, 0.6) is 0 Å². The van der Waals surface area contributed by atoms with Crippen LogP contribution in [-0.4, -0.2) is 25.3 Å². The third kappa shape index (κ3) is 5.34. The fourth-order valence-electron chi connectivity index (χ4n) is 1.71. The molecule has 0 saturated carbocycles. The number of halogens is 1. The molecule has 0 aliphatic carbocycles. The highest BCUT2D eigenvalue weighted by Gasteiger charge is 2.31. The van der Waals surface area contributed by atoms with Gasteiger partial charge < -0.3 is 0 Å². The number of hydrogen-bond donors (Lipinski definition) is 0. The largest absolute Gasteiger partial charge is 0.229 e. The highest BCUT2D eigenvalue weighted by atomic mass is 79.9. The SMILES string of the molecule is CCC(CC)(CBr)CS(=O)(=O)CC(C)C. The van der Waals surface area contributed by atoms with Crippen LogP contribution in [0.2, 0.25) is 0 Å². The van der Waals surface area contributed by atoms with Crippen molar-refractivity contribution >= 4 is 25.8 Å². The molecular formula is C11H23BrO2S. The van der Waals surface area contributed by atoms with E-state index in [4.69, 9.17) is 0 Å². The van der Waals surface area contributed by atoms with Gasteiger partial charge in [-0.25, -0.2) is 8.42 Å². The second kappa shape index (κ2) is 6.24. The standard InChI is InChI=1S/C11H23BrO2S/c1-5-11(6-2,8-12)9-15(13,14)7-10(3)4/h10H,5-9H2,1-4H3. The topological polar surface area (TPSA) is 34.1 Å². The van der Waals surface area contributed by atoms with Crippen molar-refractivity contribution in [1.29, 1.82) is 0 Å². The minimum absolute atomic E-state index is 0.0757. The lowest BCUT2D eigenvalue weighted by molar-refractivity contribution is 0.350. The zero-order chi connectivity index (χ0) is 12.1. The minimum Gasteiger partial charge on any atom is -0.229 e. The fraction of sp³-hybridized carbons (Fsp3) is 1.00. The maximum absolute atomic E-state index is 11.9. The zero-order valence-corrected chi connectivity index (χ0v) is 12.6. The first kappa shape index (κ1) is 15.4. The molecule has 0 rings (SSSR count). The first-order chi connectivity index (χ1) is 6.81. The maximum Gasteiger partial charge on any atom is 0.151 e. The molecule has 0 saturated heterocycles.